The minimum Gasteiger partial charge on any atom is -0.311 e. The summed E-state index contributed by atoms with van der Waals surface area (Å²) >= 11 is 1.77. The lowest BCUT2D eigenvalue weighted by Crippen LogP contribution is -2.64. The number of aryl methyl sites for hydroxylation is 1. The van der Waals surface area contributed by atoms with Gasteiger partial charge in [-0.15, -0.1) is 11.3 Å². The number of piperazine rings is 1. The second-order valence-electron chi connectivity index (χ2n) is 6.88. The van der Waals surface area contributed by atoms with Gasteiger partial charge >= 0.3 is 0 Å². The van der Waals surface area contributed by atoms with E-state index in [0.717, 1.165) is 25.6 Å². The molecule has 120 valence electrons. The van der Waals surface area contributed by atoms with Crippen molar-refractivity contribution in [3.8, 4) is 0 Å². The number of thiazole rings is 1. The van der Waals surface area contributed by atoms with E-state index in [-0.39, 0.29) is 0 Å². The number of nitrogens with zero attached hydrogens (tertiary/aromatic N) is 2. The Hall–Kier alpha value is -0.450. The van der Waals surface area contributed by atoms with Gasteiger partial charge in [0.1, 0.15) is 0 Å². The third kappa shape index (κ3) is 4.05. The van der Waals surface area contributed by atoms with E-state index in [1.165, 1.54) is 30.0 Å². The van der Waals surface area contributed by atoms with Crippen LogP contribution in [0.25, 0.3) is 0 Å². The Morgan fingerprint density at radius 3 is 2.67 bits per heavy atom. The summed E-state index contributed by atoms with van der Waals surface area (Å²) in [6.45, 7) is 14.6. The van der Waals surface area contributed by atoms with Crippen LogP contribution >= 0.6 is 11.3 Å². The first-order chi connectivity index (χ1) is 9.99. The summed E-state index contributed by atoms with van der Waals surface area (Å²) in [6, 6.07) is 0.621. The van der Waals surface area contributed by atoms with Crippen LogP contribution in [0.15, 0.2) is 5.38 Å². The van der Waals surface area contributed by atoms with E-state index in [2.05, 4.69) is 55.2 Å². The van der Waals surface area contributed by atoms with Crippen molar-refractivity contribution in [2.75, 3.05) is 13.1 Å². The van der Waals surface area contributed by atoms with Crippen LogP contribution in [0, 0.1) is 12.8 Å². The molecule has 1 aromatic rings. The largest absolute Gasteiger partial charge is 0.311 e. The predicted molar refractivity (Wildman–Crippen MR) is 91.8 cm³/mol. The average molecular weight is 310 g/mol. The molecule has 1 atom stereocenters. The molecule has 4 heteroatoms. The van der Waals surface area contributed by atoms with Crippen LogP contribution < -0.4 is 5.32 Å². The molecule has 0 aromatic carbocycles. The van der Waals surface area contributed by atoms with E-state index >= 15 is 0 Å². The molecular formula is C17H31N3S. The quantitative estimate of drug-likeness (QED) is 0.865. The minimum absolute atomic E-state index is 0.297. The molecule has 1 aliphatic rings. The Bertz CT molecular complexity index is 437. The molecule has 2 heterocycles. The van der Waals surface area contributed by atoms with Crippen molar-refractivity contribution in [1.29, 1.82) is 0 Å². The maximum absolute atomic E-state index is 4.68. The van der Waals surface area contributed by atoms with Crippen molar-refractivity contribution in [2.24, 2.45) is 5.92 Å². The van der Waals surface area contributed by atoms with E-state index in [0.29, 0.717) is 11.6 Å². The SMILES string of the molecule is CCC1(CC)CNC(CC(C)C)CN1Cc1csc(C)n1. The smallest absolute Gasteiger partial charge is 0.0897 e. The molecule has 1 saturated heterocycles. The summed E-state index contributed by atoms with van der Waals surface area (Å²) in [5.41, 5.74) is 1.54. The zero-order valence-electron chi connectivity index (χ0n) is 14.3. The molecule has 0 aliphatic carbocycles. The van der Waals surface area contributed by atoms with Gasteiger partial charge in [-0.25, -0.2) is 4.98 Å². The Morgan fingerprint density at radius 2 is 2.14 bits per heavy atom. The summed E-state index contributed by atoms with van der Waals surface area (Å²) in [5.74, 6) is 0.752. The van der Waals surface area contributed by atoms with E-state index in [9.17, 15) is 0 Å². The zero-order chi connectivity index (χ0) is 15.5. The summed E-state index contributed by atoms with van der Waals surface area (Å²) in [4.78, 5) is 7.38. The van der Waals surface area contributed by atoms with Crippen molar-refractivity contribution in [2.45, 2.75) is 72.0 Å². The summed E-state index contributed by atoms with van der Waals surface area (Å²) in [7, 11) is 0. The molecule has 1 aliphatic heterocycles. The van der Waals surface area contributed by atoms with Crippen molar-refractivity contribution >= 4 is 11.3 Å². The molecule has 0 bridgehead atoms. The average Bonchev–Trinajstić information content (AvgIpc) is 2.85. The number of rotatable bonds is 6. The van der Waals surface area contributed by atoms with Gasteiger partial charge in [-0.05, 0) is 32.1 Å². The molecule has 0 saturated carbocycles. The van der Waals surface area contributed by atoms with Crippen LogP contribution in [0.2, 0.25) is 0 Å². The molecular weight excluding hydrogens is 278 g/mol. The van der Waals surface area contributed by atoms with Gasteiger partial charge in [-0.2, -0.15) is 0 Å². The second kappa shape index (κ2) is 7.21. The van der Waals surface area contributed by atoms with Crippen molar-refractivity contribution in [1.82, 2.24) is 15.2 Å². The monoisotopic (exact) mass is 309 g/mol. The fraction of sp³-hybridized carbons (Fsp3) is 0.824. The first kappa shape index (κ1) is 16.9. The maximum Gasteiger partial charge on any atom is 0.0897 e. The maximum atomic E-state index is 4.68. The van der Waals surface area contributed by atoms with Gasteiger partial charge in [-0.1, -0.05) is 27.7 Å². The lowest BCUT2D eigenvalue weighted by Gasteiger charge is -2.50. The Morgan fingerprint density at radius 1 is 1.43 bits per heavy atom. The van der Waals surface area contributed by atoms with Crippen molar-refractivity contribution in [3.05, 3.63) is 16.1 Å². The number of nitrogens with one attached hydrogen (secondary N) is 1. The molecule has 0 amide bonds. The predicted octanol–water partition coefficient (Wildman–Crippen LogP) is 3.83. The van der Waals surface area contributed by atoms with Crippen molar-refractivity contribution in [3.63, 3.8) is 0 Å². The van der Waals surface area contributed by atoms with Crippen LogP contribution in [0.1, 0.15) is 57.7 Å². The summed E-state index contributed by atoms with van der Waals surface area (Å²) in [6.07, 6.45) is 3.66. The minimum atomic E-state index is 0.297. The second-order valence-corrected chi connectivity index (χ2v) is 7.94. The Kier molecular flexibility index (Phi) is 5.81. The number of hydrogen-bond donors (Lipinski definition) is 1. The highest BCUT2D eigenvalue weighted by atomic mass is 32.1. The molecule has 2 rings (SSSR count). The molecule has 0 spiro atoms. The lowest BCUT2D eigenvalue weighted by atomic mass is 9.85. The fourth-order valence-electron chi connectivity index (χ4n) is 3.55. The topological polar surface area (TPSA) is 28.2 Å². The third-order valence-electron chi connectivity index (χ3n) is 4.92. The summed E-state index contributed by atoms with van der Waals surface area (Å²) in [5, 5.41) is 7.21. The number of aromatic nitrogens is 1. The van der Waals surface area contributed by atoms with Crippen LogP contribution in [0.3, 0.4) is 0 Å². The van der Waals surface area contributed by atoms with Gasteiger partial charge in [0.25, 0.3) is 0 Å². The van der Waals surface area contributed by atoms with Gasteiger partial charge in [-0.3, -0.25) is 4.90 Å². The molecule has 1 N–H and O–H groups in total. The van der Waals surface area contributed by atoms with Gasteiger partial charge < -0.3 is 5.32 Å². The molecule has 0 radical (unpaired) electrons. The van der Waals surface area contributed by atoms with Gasteiger partial charge in [0, 0.05) is 36.6 Å². The Labute approximate surface area is 134 Å². The van der Waals surface area contributed by atoms with Crippen LogP contribution in [-0.2, 0) is 6.54 Å². The Balaban J connectivity index is 2.12. The van der Waals surface area contributed by atoms with Gasteiger partial charge in [0.15, 0.2) is 0 Å². The highest BCUT2D eigenvalue weighted by molar-refractivity contribution is 7.09. The molecule has 1 fully saturated rings. The van der Waals surface area contributed by atoms with Gasteiger partial charge in [0.2, 0.25) is 0 Å². The van der Waals surface area contributed by atoms with Crippen molar-refractivity contribution < 1.29 is 0 Å². The molecule has 1 unspecified atom stereocenters. The first-order valence-electron chi connectivity index (χ1n) is 8.38. The molecule has 1 aromatic heterocycles. The van der Waals surface area contributed by atoms with Crippen LogP contribution in [0.5, 0.6) is 0 Å². The van der Waals surface area contributed by atoms with E-state index in [4.69, 9.17) is 0 Å². The number of hydrogen-bond acceptors (Lipinski definition) is 4. The highest BCUT2D eigenvalue weighted by Crippen LogP contribution is 2.30. The normalized spacial score (nSPS) is 22.9. The zero-order valence-corrected chi connectivity index (χ0v) is 15.1. The fourth-order valence-corrected chi connectivity index (χ4v) is 4.16. The van der Waals surface area contributed by atoms with E-state index < -0.39 is 0 Å². The first-order valence-corrected chi connectivity index (χ1v) is 9.26. The standard InChI is InChI=1S/C17H31N3S/c1-6-17(7-2)12-18-15(8-13(3)4)9-20(17)10-16-11-21-14(5)19-16/h11,13,15,18H,6-10,12H2,1-5H3. The molecule has 21 heavy (non-hydrogen) atoms. The van der Waals surface area contributed by atoms with E-state index in [1.807, 2.05) is 0 Å². The van der Waals surface area contributed by atoms with Crippen LogP contribution in [0.4, 0.5) is 0 Å². The highest BCUT2D eigenvalue weighted by Gasteiger charge is 2.39. The lowest BCUT2D eigenvalue weighted by molar-refractivity contribution is 0.0198. The summed E-state index contributed by atoms with van der Waals surface area (Å²) < 4.78 is 0. The van der Waals surface area contributed by atoms with Gasteiger partial charge in [0.05, 0.1) is 10.7 Å². The van der Waals surface area contributed by atoms with E-state index in [1.54, 1.807) is 11.3 Å². The molecule has 3 nitrogen and oxygen atoms in total. The third-order valence-corrected chi connectivity index (χ3v) is 5.75. The van der Waals surface area contributed by atoms with Crippen LogP contribution in [-0.4, -0.2) is 34.6 Å².